The van der Waals surface area contributed by atoms with Crippen LogP contribution in [0.1, 0.15) is 43.7 Å². The first-order chi connectivity index (χ1) is 15.2. The zero-order valence-electron chi connectivity index (χ0n) is 19.4. The van der Waals surface area contributed by atoms with E-state index < -0.39 is 5.92 Å². The fraction of sp³-hybridized carbons (Fsp3) is 0.542. The summed E-state index contributed by atoms with van der Waals surface area (Å²) in [7, 11) is 0. The van der Waals surface area contributed by atoms with Crippen molar-refractivity contribution in [1.29, 1.82) is 0 Å². The van der Waals surface area contributed by atoms with Crippen LogP contribution in [0.25, 0.3) is 11.3 Å². The summed E-state index contributed by atoms with van der Waals surface area (Å²) in [5, 5.41) is 12.0. The molecular weight excluding hydrogens is 448 g/mol. The normalized spacial score (nSPS) is 20.8. The van der Waals surface area contributed by atoms with Gasteiger partial charge in [-0.1, -0.05) is 30.3 Å². The zero-order chi connectivity index (χ0) is 22.9. The highest BCUT2D eigenvalue weighted by molar-refractivity contribution is 5.85. The molecule has 2 aromatic rings. The van der Waals surface area contributed by atoms with E-state index in [1.54, 1.807) is 4.90 Å². The molecule has 0 bridgehead atoms. The quantitative estimate of drug-likeness (QED) is 0.674. The number of anilines is 1. The maximum absolute atomic E-state index is 13.4. The lowest BCUT2D eigenvalue weighted by atomic mass is 9.92. The Bertz CT molecular complexity index is 965. The van der Waals surface area contributed by atoms with Gasteiger partial charge in [0.1, 0.15) is 0 Å². The number of nitrogens with one attached hydrogen (secondary N) is 1. The number of benzene rings is 1. The van der Waals surface area contributed by atoms with Gasteiger partial charge in [-0.25, -0.2) is 13.6 Å². The molecule has 1 aromatic carbocycles. The Kier molecular flexibility index (Phi) is 7.77. The minimum absolute atomic E-state index is 0. The van der Waals surface area contributed by atoms with E-state index in [1.165, 1.54) is 0 Å². The van der Waals surface area contributed by atoms with E-state index >= 15 is 0 Å². The number of carbonyl (C=O) groups is 1. The number of piperazine rings is 1. The molecule has 2 fully saturated rings. The van der Waals surface area contributed by atoms with Crippen molar-refractivity contribution in [1.82, 2.24) is 20.4 Å². The number of urea groups is 1. The minimum atomic E-state index is -2.59. The van der Waals surface area contributed by atoms with Crippen LogP contribution in [0.5, 0.6) is 0 Å². The molecule has 0 spiro atoms. The Hall–Kier alpha value is -2.48. The summed E-state index contributed by atoms with van der Waals surface area (Å²) in [6.07, 6.45) is 0.346. The van der Waals surface area contributed by atoms with Gasteiger partial charge in [0.2, 0.25) is 5.92 Å². The number of hydrogen-bond donors (Lipinski definition) is 1. The molecular formula is C24H32ClF2N5O. The van der Waals surface area contributed by atoms with Crippen LogP contribution in [0.4, 0.5) is 19.4 Å². The van der Waals surface area contributed by atoms with E-state index in [9.17, 15) is 13.6 Å². The number of nitrogens with zero attached hydrogens (tertiary/aromatic N) is 4. The van der Waals surface area contributed by atoms with Crippen LogP contribution in [0.15, 0.2) is 30.3 Å². The van der Waals surface area contributed by atoms with Crippen LogP contribution in [-0.2, 0) is 0 Å². The lowest BCUT2D eigenvalue weighted by Crippen LogP contribution is -2.58. The van der Waals surface area contributed by atoms with Crippen molar-refractivity contribution in [2.45, 2.75) is 64.5 Å². The van der Waals surface area contributed by atoms with Gasteiger partial charge in [0.25, 0.3) is 0 Å². The summed E-state index contributed by atoms with van der Waals surface area (Å²) in [6.45, 7) is 7.99. The molecule has 180 valence electrons. The second-order valence-electron chi connectivity index (χ2n) is 9.06. The molecule has 9 heteroatoms. The molecule has 2 heterocycles. The van der Waals surface area contributed by atoms with Crippen LogP contribution in [-0.4, -0.2) is 58.8 Å². The highest BCUT2D eigenvalue weighted by Crippen LogP contribution is 2.33. The number of aromatic nitrogens is 2. The van der Waals surface area contributed by atoms with E-state index in [0.29, 0.717) is 32.5 Å². The number of rotatable bonds is 3. The maximum Gasteiger partial charge on any atom is 0.317 e. The third-order valence-electron chi connectivity index (χ3n) is 6.78. The second-order valence-corrected chi connectivity index (χ2v) is 9.06. The van der Waals surface area contributed by atoms with Gasteiger partial charge < -0.3 is 15.1 Å². The largest absolute Gasteiger partial charge is 0.351 e. The number of halogens is 3. The number of carbonyl (C=O) groups excluding carboxylic acids is 1. The van der Waals surface area contributed by atoms with E-state index in [2.05, 4.69) is 34.3 Å². The van der Waals surface area contributed by atoms with Gasteiger partial charge in [0.05, 0.1) is 5.69 Å². The second kappa shape index (κ2) is 10.2. The predicted molar refractivity (Wildman–Crippen MR) is 128 cm³/mol. The Morgan fingerprint density at radius 3 is 2.36 bits per heavy atom. The third kappa shape index (κ3) is 5.54. The molecule has 2 amide bonds. The van der Waals surface area contributed by atoms with Gasteiger partial charge in [-0.05, 0) is 44.7 Å². The van der Waals surface area contributed by atoms with E-state index in [1.807, 2.05) is 37.3 Å². The standard InChI is InChI=1S/C24H31F2N5O.ClH/c1-16-15-30(13-14-31(16)23(32)27-20-9-11-24(25,26)12-10-20)22-18(3)17(2)21(28-29-22)19-7-5-4-6-8-19;/h4-8,16,20H,9-15H2,1-3H3,(H,27,32);1H/t16-;/m0./s1. The summed E-state index contributed by atoms with van der Waals surface area (Å²) < 4.78 is 26.8. The van der Waals surface area contributed by atoms with Crippen LogP contribution in [0.2, 0.25) is 0 Å². The molecule has 1 aliphatic carbocycles. The first-order valence-corrected chi connectivity index (χ1v) is 11.3. The summed E-state index contributed by atoms with van der Waals surface area (Å²) in [6, 6.07) is 9.67. The van der Waals surface area contributed by atoms with Gasteiger partial charge in [-0.3, -0.25) is 0 Å². The van der Waals surface area contributed by atoms with Gasteiger partial charge >= 0.3 is 6.03 Å². The van der Waals surface area contributed by atoms with Gasteiger partial charge in [-0.2, -0.15) is 0 Å². The Morgan fingerprint density at radius 2 is 1.73 bits per heavy atom. The van der Waals surface area contributed by atoms with Crippen molar-refractivity contribution in [2.75, 3.05) is 24.5 Å². The monoisotopic (exact) mass is 479 g/mol. The first kappa shape index (κ1) is 25.1. The van der Waals surface area contributed by atoms with E-state index in [-0.39, 0.29) is 43.4 Å². The molecule has 1 saturated carbocycles. The average Bonchev–Trinajstić information content (AvgIpc) is 2.77. The summed E-state index contributed by atoms with van der Waals surface area (Å²) in [5.74, 6) is -1.74. The lowest BCUT2D eigenvalue weighted by molar-refractivity contribution is -0.0399. The lowest BCUT2D eigenvalue weighted by Gasteiger charge is -2.41. The van der Waals surface area contributed by atoms with E-state index in [0.717, 1.165) is 28.2 Å². The Morgan fingerprint density at radius 1 is 1.06 bits per heavy atom. The third-order valence-corrected chi connectivity index (χ3v) is 6.78. The molecule has 1 aliphatic heterocycles. The molecule has 0 unspecified atom stereocenters. The maximum atomic E-state index is 13.4. The van der Waals surface area contributed by atoms with Gasteiger partial charge in [0.15, 0.2) is 5.82 Å². The van der Waals surface area contributed by atoms with Gasteiger partial charge in [0, 0.05) is 50.1 Å². The number of hydrogen-bond acceptors (Lipinski definition) is 4. The molecule has 0 radical (unpaired) electrons. The van der Waals surface area contributed by atoms with Crippen molar-refractivity contribution < 1.29 is 13.6 Å². The molecule has 1 aromatic heterocycles. The summed E-state index contributed by atoms with van der Waals surface area (Å²) in [4.78, 5) is 16.8. The number of amides is 2. The molecule has 4 rings (SSSR count). The van der Waals surface area contributed by atoms with Crippen molar-refractivity contribution >= 4 is 24.3 Å². The Labute approximate surface area is 200 Å². The van der Waals surface area contributed by atoms with Crippen molar-refractivity contribution in [3.05, 3.63) is 41.5 Å². The first-order valence-electron chi connectivity index (χ1n) is 11.3. The van der Waals surface area contributed by atoms with Crippen LogP contribution in [0.3, 0.4) is 0 Å². The molecule has 1 atom stereocenters. The molecule has 33 heavy (non-hydrogen) atoms. The molecule has 1 N–H and O–H groups in total. The highest BCUT2D eigenvalue weighted by atomic mass is 35.5. The van der Waals surface area contributed by atoms with E-state index in [4.69, 9.17) is 0 Å². The highest BCUT2D eigenvalue weighted by Gasteiger charge is 2.37. The smallest absolute Gasteiger partial charge is 0.317 e. The summed E-state index contributed by atoms with van der Waals surface area (Å²) in [5.41, 5.74) is 4.12. The average molecular weight is 480 g/mol. The topological polar surface area (TPSA) is 61.4 Å². The van der Waals surface area contributed by atoms with Crippen molar-refractivity contribution in [3.8, 4) is 11.3 Å². The van der Waals surface area contributed by atoms with Gasteiger partial charge in [-0.15, -0.1) is 22.6 Å². The predicted octanol–water partition coefficient (Wildman–Crippen LogP) is 4.98. The fourth-order valence-electron chi connectivity index (χ4n) is 4.66. The van der Waals surface area contributed by atoms with Crippen LogP contribution in [0, 0.1) is 13.8 Å². The van der Waals surface area contributed by atoms with Crippen molar-refractivity contribution in [3.63, 3.8) is 0 Å². The molecule has 2 aliphatic rings. The van der Waals surface area contributed by atoms with Crippen LogP contribution < -0.4 is 10.2 Å². The SMILES string of the molecule is Cc1c(-c2ccccc2)nnc(N2CCN(C(=O)NC3CCC(F)(F)CC3)[C@@H](C)C2)c1C.Cl. The zero-order valence-corrected chi connectivity index (χ0v) is 20.2. The van der Waals surface area contributed by atoms with Crippen LogP contribution >= 0.6 is 12.4 Å². The Balaban J connectivity index is 0.00000306. The molecule has 6 nitrogen and oxygen atoms in total. The fourth-order valence-corrected chi connectivity index (χ4v) is 4.66. The van der Waals surface area contributed by atoms with Crippen molar-refractivity contribution in [2.24, 2.45) is 0 Å². The molecule has 1 saturated heterocycles. The minimum Gasteiger partial charge on any atom is -0.351 e. The summed E-state index contributed by atoms with van der Waals surface area (Å²) >= 11 is 0. The number of alkyl halides is 2.